The second-order valence-corrected chi connectivity index (χ2v) is 4.84. The lowest BCUT2D eigenvalue weighted by Gasteiger charge is -2.10. The highest BCUT2D eigenvalue weighted by atomic mass is 14.9. The molecule has 2 aromatic rings. The fourth-order valence-corrected chi connectivity index (χ4v) is 2.03. The lowest BCUT2D eigenvalue weighted by molar-refractivity contribution is 0.795. The summed E-state index contributed by atoms with van der Waals surface area (Å²) >= 11 is 0. The highest BCUT2D eigenvalue weighted by Gasteiger charge is 2.02. The normalized spacial score (nSPS) is 10.0. The molecule has 0 aliphatic carbocycles. The first-order valence-corrected chi connectivity index (χ1v) is 6.88. The van der Waals surface area contributed by atoms with Gasteiger partial charge in [0.15, 0.2) is 0 Å². The molecule has 3 N–H and O–H groups in total. The largest absolute Gasteiger partial charge is 0.397 e. The van der Waals surface area contributed by atoms with E-state index in [1.807, 2.05) is 12.1 Å². The maximum atomic E-state index is 8.92. The van der Waals surface area contributed by atoms with Crippen LogP contribution >= 0.6 is 0 Å². The summed E-state index contributed by atoms with van der Waals surface area (Å²) in [5.74, 6) is 0. The monoisotopic (exact) mass is 265 g/mol. The zero-order valence-electron chi connectivity index (χ0n) is 11.7. The number of nitrogens with one attached hydrogen (secondary N) is 1. The Kier molecular flexibility index (Phi) is 4.62. The molecule has 2 rings (SSSR count). The Morgan fingerprint density at radius 3 is 2.55 bits per heavy atom. The zero-order chi connectivity index (χ0) is 14.4. The minimum absolute atomic E-state index is 0.598. The lowest BCUT2D eigenvalue weighted by atomic mass is 10.1. The molecule has 0 spiro atoms. The third-order valence-corrected chi connectivity index (χ3v) is 3.23. The molecule has 0 heterocycles. The average molecular weight is 265 g/mol. The third kappa shape index (κ3) is 3.52. The smallest absolute Gasteiger partial charge is 0.0992 e. The summed E-state index contributed by atoms with van der Waals surface area (Å²) in [4.78, 5) is 0. The van der Waals surface area contributed by atoms with Crippen LogP contribution in [0.15, 0.2) is 42.5 Å². The summed E-state index contributed by atoms with van der Waals surface area (Å²) in [5.41, 5.74) is 10.2. The van der Waals surface area contributed by atoms with Crippen molar-refractivity contribution in [3.05, 3.63) is 53.6 Å². The van der Waals surface area contributed by atoms with Crippen LogP contribution in [0.4, 0.5) is 17.1 Å². The lowest BCUT2D eigenvalue weighted by Crippen LogP contribution is -1.97. The summed E-state index contributed by atoms with van der Waals surface area (Å²) in [6.07, 6.45) is 3.53. The van der Waals surface area contributed by atoms with Gasteiger partial charge in [-0.3, -0.25) is 0 Å². The Morgan fingerprint density at radius 2 is 1.90 bits per heavy atom. The number of nitrogen functional groups attached to an aromatic ring is 1. The van der Waals surface area contributed by atoms with E-state index in [-0.39, 0.29) is 0 Å². The van der Waals surface area contributed by atoms with Gasteiger partial charge in [0, 0.05) is 5.69 Å². The van der Waals surface area contributed by atoms with E-state index in [1.165, 1.54) is 18.4 Å². The van der Waals surface area contributed by atoms with Crippen LogP contribution in [0.1, 0.15) is 30.9 Å². The van der Waals surface area contributed by atoms with Crippen LogP contribution in [-0.2, 0) is 6.42 Å². The molecule has 0 bridgehead atoms. The maximum absolute atomic E-state index is 8.92. The van der Waals surface area contributed by atoms with Gasteiger partial charge in [0.1, 0.15) is 0 Å². The fourth-order valence-electron chi connectivity index (χ4n) is 2.03. The van der Waals surface area contributed by atoms with Gasteiger partial charge in [-0.2, -0.15) is 5.26 Å². The van der Waals surface area contributed by atoms with Crippen LogP contribution < -0.4 is 11.1 Å². The van der Waals surface area contributed by atoms with Gasteiger partial charge in [0.2, 0.25) is 0 Å². The van der Waals surface area contributed by atoms with Crippen molar-refractivity contribution in [2.45, 2.75) is 26.2 Å². The Bertz CT molecular complexity index is 609. The topological polar surface area (TPSA) is 61.8 Å². The third-order valence-electron chi connectivity index (χ3n) is 3.23. The van der Waals surface area contributed by atoms with Gasteiger partial charge in [-0.25, -0.2) is 0 Å². The highest BCUT2D eigenvalue weighted by Crippen LogP contribution is 2.24. The van der Waals surface area contributed by atoms with Crippen LogP contribution in [0.3, 0.4) is 0 Å². The van der Waals surface area contributed by atoms with Crippen molar-refractivity contribution in [2.24, 2.45) is 0 Å². The van der Waals surface area contributed by atoms with E-state index >= 15 is 0 Å². The van der Waals surface area contributed by atoms with Gasteiger partial charge in [0.05, 0.1) is 23.0 Å². The van der Waals surface area contributed by atoms with E-state index in [1.54, 1.807) is 18.2 Å². The predicted molar refractivity (Wildman–Crippen MR) is 83.9 cm³/mol. The van der Waals surface area contributed by atoms with Crippen molar-refractivity contribution in [1.82, 2.24) is 0 Å². The second kappa shape index (κ2) is 6.63. The molecular formula is C17H19N3. The van der Waals surface area contributed by atoms with Gasteiger partial charge >= 0.3 is 0 Å². The second-order valence-electron chi connectivity index (χ2n) is 4.84. The van der Waals surface area contributed by atoms with Crippen LogP contribution in [-0.4, -0.2) is 0 Å². The maximum Gasteiger partial charge on any atom is 0.0992 e. The van der Waals surface area contributed by atoms with Gasteiger partial charge < -0.3 is 11.1 Å². The molecule has 2 aromatic carbocycles. The summed E-state index contributed by atoms with van der Waals surface area (Å²) in [6.45, 7) is 2.20. The molecule has 0 aliphatic rings. The molecule has 0 fully saturated rings. The van der Waals surface area contributed by atoms with Gasteiger partial charge in [0.25, 0.3) is 0 Å². The summed E-state index contributed by atoms with van der Waals surface area (Å²) in [6, 6.07) is 15.7. The Balaban J connectivity index is 2.12. The number of hydrogen-bond acceptors (Lipinski definition) is 3. The number of benzene rings is 2. The van der Waals surface area contributed by atoms with Crippen molar-refractivity contribution in [3.63, 3.8) is 0 Å². The Morgan fingerprint density at radius 1 is 1.15 bits per heavy atom. The van der Waals surface area contributed by atoms with E-state index in [2.05, 4.69) is 30.4 Å². The van der Waals surface area contributed by atoms with Crippen LogP contribution in [0, 0.1) is 11.3 Å². The number of nitrogens with two attached hydrogens (primary N) is 1. The zero-order valence-corrected chi connectivity index (χ0v) is 11.7. The van der Waals surface area contributed by atoms with E-state index < -0.39 is 0 Å². The Hall–Kier alpha value is -2.47. The van der Waals surface area contributed by atoms with E-state index in [0.29, 0.717) is 11.3 Å². The van der Waals surface area contributed by atoms with E-state index in [0.717, 1.165) is 17.8 Å². The number of nitriles is 1. The first-order valence-electron chi connectivity index (χ1n) is 6.88. The standard InChI is InChI=1S/C17H19N3/c1-2-3-4-13-5-8-15(9-6-13)20-17-11-14(12-18)7-10-16(17)19/h5-11,20H,2-4,19H2,1H3. The first-order chi connectivity index (χ1) is 9.72. The molecule has 0 aromatic heterocycles. The van der Waals surface area contributed by atoms with Crippen molar-refractivity contribution >= 4 is 17.1 Å². The Labute approximate surface area is 120 Å². The summed E-state index contributed by atoms with van der Waals surface area (Å²) < 4.78 is 0. The molecule has 0 atom stereocenters. The van der Waals surface area contributed by atoms with Crippen LogP contribution in [0.25, 0.3) is 0 Å². The average Bonchev–Trinajstić information content (AvgIpc) is 2.49. The quantitative estimate of drug-likeness (QED) is 0.795. The number of rotatable bonds is 5. The molecule has 102 valence electrons. The van der Waals surface area contributed by atoms with Crippen LogP contribution in [0.5, 0.6) is 0 Å². The minimum Gasteiger partial charge on any atom is -0.397 e. The first kappa shape index (κ1) is 14.0. The minimum atomic E-state index is 0.598. The van der Waals surface area contributed by atoms with Crippen molar-refractivity contribution in [3.8, 4) is 6.07 Å². The molecular weight excluding hydrogens is 246 g/mol. The highest BCUT2D eigenvalue weighted by molar-refractivity contribution is 5.74. The van der Waals surface area contributed by atoms with Gasteiger partial charge in [-0.15, -0.1) is 0 Å². The molecule has 3 nitrogen and oxygen atoms in total. The number of hydrogen-bond donors (Lipinski definition) is 2. The number of aryl methyl sites for hydroxylation is 1. The number of unbranched alkanes of at least 4 members (excludes halogenated alkanes) is 1. The van der Waals surface area contributed by atoms with E-state index in [4.69, 9.17) is 11.0 Å². The van der Waals surface area contributed by atoms with Crippen LogP contribution in [0.2, 0.25) is 0 Å². The molecule has 0 aliphatic heterocycles. The summed E-state index contributed by atoms with van der Waals surface area (Å²) in [5, 5.41) is 12.2. The number of anilines is 3. The SMILES string of the molecule is CCCCc1ccc(Nc2cc(C#N)ccc2N)cc1. The molecule has 0 unspecified atom stereocenters. The summed E-state index contributed by atoms with van der Waals surface area (Å²) in [7, 11) is 0. The van der Waals surface area contributed by atoms with Crippen molar-refractivity contribution in [2.75, 3.05) is 11.1 Å². The molecule has 0 amide bonds. The fraction of sp³-hybridized carbons (Fsp3) is 0.235. The van der Waals surface area contributed by atoms with E-state index in [9.17, 15) is 0 Å². The van der Waals surface area contributed by atoms with Crippen molar-refractivity contribution < 1.29 is 0 Å². The molecule has 3 heteroatoms. The van der Waals surface area contributed by atoms with Gasteiger partial charge in [-0.05, 0) is 48.7 Å². The molecule has 20 heavy (non-hydrogen) atoms. The predicted octanol–water partition coefficient (Wildman–Crippen LogP) is 4.23. The molecule has 0 saturated carbocycles. The van der Waals surface area contributed by atoms with Crippen molar-refractivity contribution in [1.29, 1.82) is 5.26 Å². The molecule has 0 radical (unpaired) electrons. The van der Waals surface area contributed by atoms with Gasteiger partial charge in [-0.1, -0.05) is 25.5 Å². The number of nitrogens with zero attached hydrogens (tertiary/aromatic N) is 1. The molecule has 0 saturated heterocycles.